The van der Waals surface area contributed by atoms with Gasteiger partial charge in [0.15, 0.2) is 0 Å². The number of methoxy groups -OCH3 is 2. The van der Waals surface area contributed by atoms with Crippen molar-refractivity contribution in [1.29, 1.82) is 0 Å². The average molecular weight is 402 g/mol. The van der Waals surface area contributed by atoms with Gasteiger partial charge in [-0.25, -0.2) is 4.90 Å². The number of hydrogen-bond donors (Lipinski definition) is 0. The minimum absolute atomic E-state index is 0.366. The van der Waals surface area contributed by atoms with Gasteiger partial charge in [-0.2, -0.15) is 0 Å². The molecule has 0 aromatic heterocycles. The molecule has 0 N–H and O–H groups in total. The van der Waals surface area contributed by atoms with E-state index in [4.69, 9.17) is 14.3 Å². The first-order valence-electron chi connectivity index (χ1n) is 9.45. The lowest BCUT2D eigenvalue weighted by Gasteiger charge is -2.16. The van der Waals surface area contributed by atoms with Gasteiger partial charge in [-0.15, -0.1) is 0 Å². The molecule has 2 atom stereocenters. The van der Waals surface area contributed by atoms with Gasteiger partial charge in [0.05, 0.1) is 19.9 Å². The molecule has 2 aliphatic heterocycles. The number of nitrogens with zero attached hydrogens (tertiary/aromatic N) is 2. The first kappa shape index (κ1) is 18.2. The van der Waals surface area contributed by atoms with Gasteiger partial charge >= 0.3 is 0 Å². The molecule has 7 nitrogen and oxygen atoms in total. The molecule has 1 fully saturated rings. The van der Waals surface area contributed by atoms with Crippen LogP contribution in [0.1, 0.15) is 5.56 Å². The van der Waals surface area contributed by atoms with E-state index in [1.165, 1.54) is 12.0 Å². The second-order valence-corrected chi connectivity index (χ2v) is 7.09. The summed E-state index contributed by atoms with van der Waals surface area (Å²) in [7, 11) is 3.08. The Morgan fingerprint density at radius 3 is 2.47 bits per heavy atom. The number of imide groups is 1. The average Bonchev–Trinajstić information content (AvgIpc) is 3.32. The van der Waals surface area contributed by atoms with Crippen LogP contribution in [0.4, 0.5) is 5.69 Å². The Morgan fingerprint density at radius 1 is 0.900 bits per heavy atom. The van der Waals surface area contributed by atoms with Gasteiger partial charge in [0, 0.05) is 11.6 Å². The second-order valence-electron chi connectivity index (χ2n) is 7.09. The predicted molar refractivity (Wildman–Crippen MR) is 111 cm³/mol. The lowest BCUT2D eigenvalue weighted by Crippen LogP contribution is -2.33. The van der Waals surface area contributed by atoms with Crippen molar-refractivity contribution >= 4 is 34.0 Å². The van der Waals surface area contributed by atoms with Crippen molar-refractivity contribution in [2.45, 2.75) is 6.10 Å². The maximum absolute atomic E-state index is 13.3. The highest BCUT2D eigenvalue weighted by Crippen LogP contribution is 2.38. The molecule has 3 aromatic rings. The molecular formula is C23H18N2O5. The van der Waals surface area contributed by atoms with E-state index in [1.54, 1.807) is 31.4 Å². The van der Waals surface area contributed by atoms with Crippen LogP contribution in [-0.4, -0.2) is 37.8 Å². The molecule has 2 amide bonds. The molecule has 150 valence electrons. The predicted octanol–water partition coefficient (Wildman–Crippen LogP) is 3.15. The van der Waals surface area contributed by atoms with Crippen molar-refractivity contribution in [1.82, 2.24) is 0 Å². The maximum Gasteiger partial charge on any atom is 0.278 e. The smallest absolute Gasteiger partial charge is 0.278 e. The summed E-state index contributed by atoms with van der Waals surface area (Å²) in [6.07, 6.45) is -0.981. The highest BCUT2D eigenvalue weighted by atomic mass is 16.7. The Kier molecular flexibility index (Phi) is 4.17. The zero-order chi connectivity index (χ0) is 20.8. The summed E-state index contributed by atoms with van der Waals surface area (Å²) in [5.41, 5.74) is 1.48. The van der Waals surface area contributed by atoms with Gasteiger partial charge in [-0.1, -0.05) is 35.5 Å². The van der Waals surface area contributed by atoms with Crippen LogP contribution in [0.25, 0.3) is 10.8 Å². The van der Waals surface area contributed by atoms with Crippen molar-refractivity contribution in [3.63, 3.8) is 0 Å². The molecule has 7 heteroatoms. The molecule has 0 saturated carbocycles. The Labute approximate surface area is 172 Å². The number of carbonyl (C=O) groups is 2. The number of benzene rings is 3. The molecule has 30 heavy (non-hydrogen) atoms. The molecule has 5 rings (SSSR count). The van der Waals surface area contributed by atoms with E-state index < -0.39 is 17.9 Å². The van der Waals surface area contributed by atoms with E-state index in [-0.39, 0.29) is 5.91 Å². The Balaban J connectivity index is 1.53. The van der Waals surface area contributed by atoms with Crippen LogP contribution in [0, 0.1) is 5.92 Å². The number of fused-ring (bicyclic) bond motifs is 2. The van der Waals surface area contributed by atoms with Crippen molar-refractivity contribution < 1.29 is 23.9 Å². The number of hydrogen-bond acceptors (Lipinski definition) is 6. The third-order valence-electron chi connectivity index (χ3n) is 5.49. The molecule has 0 aliphatic carbocycles. The van der Waals surface area contributed by atoms with Crippen LogP contribution >= 0.6 is 0 Å². The molecule has 1 saturated heterocycles. The van der Waals surface area contributed by atoms with Crippen molar-refractivity contribution in [3.8, 4) is 11.5 Å². The van der Waals surface area contributed by atoms with Gasteiger partial charge in [0.2, 0.25) is 12.0 Å². The summed E-state index contributed by atoms with van der Waals surface area (Å²) in [6.45, 7) is 0. The number of oxime groups is 1. The largest absolute Gasteiger partial charge is 0.497 e. The van der Waals surface area contributed by atoms with E-state index >= 15 is 0 Å². The molecule has 0 unspecified atom stereocenters. The highest BCUT2D eigenvalue weighted by Gasteiger charge is 2.56. The fourth-order valence-electron chi connectivity index (χ4n) is 3.98. The minimum atomic E-state index is -0.981. The third kappa shape index (κ3) is 2.62. The number of amides is 2. The zero-order valence-electron chi connectivity index (χ0n) is 16.4. The number of anilines is 1. The topological polar surface area (TPSA) is 77.4 Å². The highest BCUT2D eigenvalue weighted by molar-refractivity contribution is 6.33. The Morgan fingerprint density at radius 2 is 1.70 bits per heavy atom. The van der Waals surface area contributed by atoms with E-state index in [0.717, 1.165) is 10.8 Å². The minimum Gasteiger partial charge on any atom is -0.497 e. The first-order chi connectivity index (χ1) is 14.6. The SMILES string of the molecule is COc1ccc(C2=NO[C@@H]3C(=O)N(c4ccc5ccccc5c4)C(=O)[C@@H]23)c(OC)c1. The van der Waals surface area contributed by atoms with E-state index in [9.17, 15) is 9.59 Å². The molecule has 0 radical (unpaired) electrons. The van der Waals surface area contributed by atoms with Crippen LogP contribution in [0.3, 0.4) is 0 Å². The fourth-order valence-corrected chi connectivity index (χ4v) is 3.98. The van der Waals surface area contributed by atoms with Crippen molar-refractivity contribution in [2.75, 3.05) is 19.1 Å². The van der Waals surface area contributed by atoms with Crippen LogP contribution in [0.5, 0.6) is 11.5 Å². The van der Waals surface area contributed by atoms with Crippen molar-refractivity contribution in [3.05, 3.63) is 66.2 Å². The summed E-state index contributed by atoms with van der Waals surface area (Å²) >= 11 is 0. The Hall–Kier alpha value is -3.87. The maximum atomic E-state index is 13.3. The molecule has 0 bridgehead atoms. The number of carbonyl (C=O) groups excluding carboxylic acids is 2. The van der Waals surface area contributed by atoms with Gasteiger partial charge in [-0.05, 0) is 35.0 Å². The van der Waals surface area contributed by atoms with Crippen LogP contribution < -0.4 is 14.4 Å². The molecule has 0 spiro atoms. The monoisotopic (exact) mass is 402 g/mol. The van der Waals surface area contributed by atoms with Crippen LogP contribution in [0.2, 0.25) is 0 Å². The number of rotatable bonds is 4. The zero-order valence-corrected chi connectivity index (χ0v) is 16.4. The van der Waals surface area contributed by atoms with Gasteiger partial charge in [-0.3, -0.25) is 9.59 Å². The molecular weight excluding hydrogens is 384 g/mol. The quantitative estimate of drug-likeness (QED) is 0.627. The number of ether oxygens (including phenoxy) is 2. The summed E-state index contributed by atoms with van der Waals surface area (Å²) in [5.74, 6) is -0.521. The van der Waals surface area contributed by atoms with Crippen LogP contribution in [0.15, 0.2) is 65.8 Å². The molecule has 2 aliphatic rings. The van der Waals surface area contributed by atoms with Gasteiger partial charge in [0.25, 0.3) is 5.91 Å². The summed E-state index contributed by atoms with van der Waals surface area (Å²) in [4.78, 5) is 32.9. The normalized spacial score (nSPS) is 20.2. The van der Waals surface area contributed by atoms with E-state index in [0.29, 0.717) is 28.5 Å². The van der Waals surface area contributed by atoms with E-state index in [2.05, 4.69) is 5.16 Å². The lowest BCUT2D eigenvalue weighted by molar-refractivity contribution is -0.126. The van der Waals surface area contributed by atoms with Gasteiger partial charge < -0.3 is 14.3 Å². The third-order valence-corrected chi connectivity index (χ3v) is 5.49. The molecule has 3 aromatic carbocycles. The molecule has 2 heterocycles. The first-order valence-corrected chi connectivity index (χ1v) is 9.45. The Bertz CT molecular complexity index is 1220. The fraction of sp³-hybridized carbons (Fsp3) is 0.174. The summed E-state index contributed by atoms with van der Waals surface area (Å²) < 4.78 is 10.7. The van der Waals surface area contributed by atoms with Crippen LogP contribution in [-0.2, 0) is 14.4 Å². The van der Waals surface area contributed by atoms with Crippen molar-refractivity contribution in [2.24, 2.45) is 11.1 Å². The second kappa shape index (κ2) is 6.88. The van der Waals surface area contributed by atoms with E-state index in [1.807, 2.05) is 36.4 Å². The van der Waals surface area contributed by atoms with Gasteiger partial charge in [0.1, 0.15) is 23.1 Å². The lowest BCUT2D eigenvalue weighted by atomic mass is 9.93. The standard InChI is InChI=1S/C23H18N2O5/c1-28-16-9-10-17(18(12-16)29-2)20-19-21(30-24-20)23(27)25(22(19)26)15-8-7-13-5-3-4-6-14(13)11-15/h3-12,19,21H,1-2H3/t19-,21-/m0/s1. The summed E-state index contributed by atoms with van der Waals surface area (Å²) in [5, 5.41) is 6.03. The summed E-state index contributed by atoms with van der Waals surface area (Å²) in [6, 6.07) is 18.5.